The number of terminal acetylenes is 1. The molecule has 0 aliphatic carbocycles. The molecule has 0 spiro atoms. The van der Waals surface area contributed by atoms with Gasteiger partial charge in [-0.25, -0.2) is 4.79 Å². The summed E-state index contributed by atoms with van der Waals surface area (Å²) in [5.74, 6) is 2.10. The topological polar surface area (TPSA) is 73.9 Å². The van der Waals surface area contributed by atoms with Gasteiger partial charge in [0.1, 0.15) is 0 Å². The molecule has 0 aliphatic rings. The van der Waals surface area contributed by atoms with E-state index in [0.29, 0.717) is 18.1 Å². The molecule has 1 rings (SSSR count). The highest BCUT2D eigenvalue weighted by Gasteiger charge is 2.10. The number of hydrogen-bond donors (Lipinski definition) is 1. The van der Waals surface area contributed by atoms with Gasteiger partial charge in [-0.2, -0.15) is 0 Å². The van der Waals surface area contributed by atoms with E-state index in [1.165, 1.54) is 0 Å². The molecule has 0 unspecified atom stereocenters. The molecule has 6 nitrogen and oxygen atoms in total. The normalized spacial score (nSPS) is 9.33. The van der Waals surface area contributed by atoms with Gasteiger partial charge >= 0.3 is 5.97 Å². The van der Waals surface area contributed by atoms with Crippen molar-refractivity contribution in [3.8, 4) is 23.8 Å². The molecule has 6 heteroatoms. The minimum Gasteiger partial charge on any atom is -0.490 e. The minimum absolute atomic E-state index is 0.0919. The number of para-hydroxylation sites is 2. The fraction of sp³-hybridized carbons (Fsp3) is 0.333. The number of hydrogen-bond acceptors (Lipinski definition) is 5. The van der Waals surface area contributed by atoms with Crippen LogP contribution >= 0.6 is 0 Å². The molecule has 1 aromatic rings. The molecule has 0 heterocycles. The molecule has 1 aromatic carbocycles. The van der Waals surface area contributed by atoms with Crippen LogP contribution in [0.3, 0.4) is 0 Å². The molecule has 0 atom stereocenters. The lowest BCUT2D eigenvalue weighted by molar-refractivity contribution is -0.150. The monoisotopic (exact) mass is 291 g/mol. The Hall–Kier alpha value is -2.68. The molecule has 112 valence electrons. The summed E-state index contributed by atoms with van der Waals surface area (Å²) < 4.78 is 15.4. The molecule has 0 bridgehead atoms. The number of nitrogens with one attached hydrogen (secondary N) is 1. The number of esters is 1. The third kappa shape index (κ3) is 6.34. The maximum Gasteiger partial charge on any atom is 0.344 e. The van der Waals surface area contributed by atoms with Crippen molar-refractivity contribution in [2.24, 2.45) is 0 Å². The van der Waals surface area contributed by atoms with Gasteiger partial charge in [0, 0.05) is 0 Å². The Morgan fingerprint density at radius 3 is 2.48 bits per heavy atom. The van der Waals surface area contributed by atoms with E-state index in [-0.39, 0.29) is 13.2 Å². The van der Waals surface area contributed by atoms with Crippen LogP contribution in [-0.4, -0.2) is 38.2 Å². The number of amides is 1. The molecule has 0 saturated heterocycles. The lowest BCUT2D eigenvalue weighted by atomic mass is 10.3. The van der Waals surface area contributed by atoms with E-state index in [9.17, 15) is 9.59 Å². The van der Waals surface area contributed by atoms with Crippen LogP contribution in [0, 0.1) is 12.3 Å². The molecular weight excluding hydrogens is 274 g/mol. The van der Waals surface area contributed by atoms with Gasteiger partial charge in [0.25, 0.3) is 5.91 Å². The maximum absolute atomic E-state index is 11.5. The molecule has 0 saturated carbocycles. The molecule has 21 heavy (non-hydrogen) atoms. The van der Waals surface area contributed by atoms with Crippen molar-refractivity contribution in [2.75, 3.05) is 26.4 Å². The summed E-state index contributed by atoms with van der Waals surface area (Å²) in [4.78, 5) is 22.6. The highest BCUT2D eigenvalue weighted by molar-refractivity contribution is 5.81. The summed E-state index contributed by atoms with van der Waals surface area (Å²) in [6.45, 7) is 1.72. The van der Waals surface area contributed by atoms with Gasteiger partial charge in [0.15, 0.2) is 24.7 Å². The second-order valence-corrected chi connectivity index (χ2v) is 3.81. The molecule has 0 radical (unpaired) electrons. The van der Waals surface area contributed by atoms with Crippen LogP contribution < -0.4 is 14.8 Å². The van der Waals surface area contributed by atoms with E-state index in [1.807, 2.05) is 6.92 Å². The zero-order valence-corrected chi connectivity index (χ0v) is 11.8. The van der Waals surface area contributed by atoms with Crippen LogP contribution in [0.5, 0.6) is 11.5 Å². The average Bonchev–Trinajstić information content (AvgIpc) is 2.50. The van der Waals surface area contributed by atoms with Crippen molar-refractivity contribution >= 4 is 11.9 Å². The first kappa shape index (κ1) is 16.4. The second-order valence-electron chi connectivity index (χ2n) is 3.81. The predicted octanol–water partition coefficient (Wildman–Crippen LogP) is 0.757. The maximum atomic E-state index is 11.5. The number of ether oxygens (including phenoxy) is 3. The lowest BCUT2D eigenvalue weighted by Crippen LogP contribution is -2.30. The van der Waals surface area contributed by atoms with Crippen molar-refractivity contribution in [2.45, 2.75) is 6.92 Å². The van der Waals surface area contributed by atoms with E-state index in [2.05, 4.69) is 11.2 Å². The van der Waals surface area contributed by atoms with E-state index in [4.69, 9.17) is 20.6 Å². The Bertz CT molecular complexity index is 521. The van der Waals surface area contributed by atoms with Crippen LogP contribution in [0.2, 0.25) is 0 Å². The predicted molar refractivity (Wildman–Crippen MR) is 75.9 cm³/mol. The highest BCUT2D eigenvalue weighted by Crippen LogP contribution is 2.26. The van der Waals surface area contributed by atoms with E-state index in [0.717, 1.165) is 0 Å². The van der Waals surface area contributed by atoms with Crippen LogP contribution in [0.4, 0.5) is 0 Å². The first-order chi connectivity index (χ1) is 10.2. The fourth-order valence-electron chi connectivity index (χ4n) is 1.37. The smallest absolute Gasteiger partial charge is 0.344 e. The van der Waals surface area contributed by atoms with Gasteiger partial charge < -0.3 is 19.5 Å². The SMILES string of the molecule is C#CCNC(=O)COC(=O)COc1ccccc1OCC. The van der Waals surface area contributed by atoms with Crippen molar-refractivity contribution in [1.29, 1.82) is 0 Å². The van der Waals surface area contributed by atoms with Crippen molar-refractivity contribution in [3.63, 3.8) is 0 Å². The Morgan fingerprint density at radius 1 is 1.19 bits per heavy atom. The summed E-state index contributed by atoms with van der Waals surface area (Å²) in [5.41, 5.74) is 0. The van der Waals surface area contributed by atoms with E-state index in [1.54, 1.807) is 24.3 Å². The molecule has 0 fully saturated rings. The van der Waals surface area contributed by atoms with Gasteiger partial charge in [-0.05, 0) is 19.1 Å². The molecular formula is C15H17NO5. The Kier molecular flexibility index (Phi) is 7.22. The third-order valence-corrected chi connectivity index (χ3v) is 2.25. The summed E-state index contributed by atoms with van der Waals surface area (Å²) in [6, 6.07) is 6.97. The largest absolute Gasteiger partial charge is 0.490 e. The number of benzene rings is 1. The van der Waals surface area contributed by atoms with Crippen LogP contribution in [-0.2, 0) is 14.3 Å². The minimum atomic E-state index is -0.655. The average molecular weight is 291 g/mol. The second kappa shape index (κ2) is 9.26. The molecule has 1 N–H and O–H groups in total. The van der Waals surface area contributed by atoms with Gasteiger partial charge in [0.05, 0.1) is 13.2 Å². The van der Waals surface area contributed by atoms with Crippen LogP contribution in [0.1, 0.15) is 6.92 Å². The molecule has 1 amide bonds. The van der Waals surface area contributed by atoms with Crippen molar-refractivity contribution in [3.05, 3.63) is 24.3 Å². The summed E-state index contributed by atoms with van der Waals surface area (Å²) in [5, 5.41) is 2.37. The standard InChI is InChI=1S/C15H17NO5/c1-3-9-16-14(17)10-21-15(18)11-20-13-8-6-5-7-12(13)19-4-2/h1,5-8H,4,9-11H2,2H3,(H,16,17). The molecule has 0 aromatic heterocycles. The van der Waals surface area contributed by atoms with E-state index < -0.39 is 18.5 Å². The number of rotatable bonds is 8. The zero-order valence-electron chi connectivity index (χ0n) is 11.8. The summed E-state index contributed by atoms with van der Waals surface area (Å²) >= 11 is 0. The van der Waals surface area contributed by atoms with Crippen LogP contribution in [0.15, 0.2) is 24.3 Å². The molecule has 0 aliphatic heterocycles. The quantitative estimate of drug-likeness (QED) is 0.565. The third-order valence-electron chi connectivity index (χ3n) is 2.25. The zero-order chi connectivity index (χ0) is 15.5. The van der Waals surface area contributed by atoms with Gasteiger partial charge in [0.2, 0.25) is 0 Å². The van der Waals surface area contributed by atoms with E-state index >= 15 is 0 Å². The summed E-state index contributed by atoms with van der Waals surface area (Å²) in [7, 11) is 0. The van der Waals surface area contributed by atoms with Gasteiger partial charge in [-0.1, -0.05) is 18.1 Å². The number of carbonyl (C=O) groups is 2. The lowest BCUT2D eigenvalue weighted by Gasteiger charge is -2.11. The first-order valence-corrected chi connectivity index (χ1v) is 6.37. The Labute approximate surface area is 123 Å². The van der Waals surface area contributed by atoms with Gasteiger partial charge in [-0.15, -0.1) is 6.42 Å². The van der Waals surface area contributed by atoms with Crippen molar-refractivity contribution < 1.29 is 23.8 Å². The first-order valence-electron chi connectivity index (χ1n) is 6.37. The summed E-state index contributed by atoms with van der Waals surface area (Å²) in [6.07, 6.45) is 4.98. The Balaban J connectivity index is 2.36. The Morgan fingerprint density at radius 2 is 1.86 bits per heavy atom. The number of carbonyl (C=O) groups excluding carboxylic acids is 2. The fourth-order valence-corrected chi connectivity index (χ4v) is 1.37. The van der Waals surface area contributed by atoms with Crippen LogP contribution in [0.25, 0.3) is 0 Å². The van der Waals surface area contributed by atoms with Gasteiger partial charge in [-0.3, -0.25) is 4.79 Å². The van der Waals surface area contributed by atoms with Crippen molar-refractivity contribution in [1.82, 2.24) is 5.32 Å². The highest BCUT2D eigenvalue weighted by atomic mass is 16.6.